The summed E-state index contributed by atoms with van der Waals surface area (Å²) in [7, 11) is 0. The lowest BCUT2D eigenvalue weighted by Crippen LogP contribution is -2.30. The van der Waals surface area contributed by atoms with Crippen molar-refractivity contribution in [1.29, 1.82) is 0 Å². The van der Waals surface area contributed by atoms with Gasteiger partial charge in [0.05, 0.1) is 29.7 Å². The fourth-order valence-corrected chi connectivity index (χ4v) is 2.54. The summed E-state index contributed by atoms with van der Waals surface area (Å²) in [6, 6.07) is 6.57. The maximum atomic E-state index is 6.09. The third kappa shape index (κ3) is 3.64. The molecule has 1 aliphatic rings. The van der Waals surface area contributed by atoms with Crippen LogP contribution in [0.3, 0.4) is 0 Å². The normalized spacial score (nSPS) is 18.0. The van der Waals surface area contributed by atoms with E-state index in [1.165, 1.54) is 5.56 Å². The molecule has 4 nitrogen and oxygen atoms in total. The molecule has 0 radical (unpaired) electrons. The van der Waals surface area contributed by atoms with Crippen molar-refractivity contribution in [2.75, 3.05) is 24.3 Å². The summed E-state index contributed by atoms with van der Waals surface area (Å²) in [5.74, 6) is 0. The number of ether oxygens (including phenoxy) is 1. The van der Waals surface area contributed by atoms with Gasteiger partial charge in [-0.1, -0.05) is 25.5 Å². The van der Waals surface area contributed by atoms with Crippen molar-refractivity contribution in [2.24, 2.45) is 0 Å². The SMILES string of the molecule is CC.Cc1ccc2ncc(N)c(NC3CCCOC3)c2c1. The molecule has 1 aliphatic heterocycles. The zero-order valence-corrected chi connectivity index (χ0v) is 13.1. The molecule has 3 N–H and O–H groups in total. The number of pyridine rings is 1. The minimum atomic E-state index is 0.335. The van der Waals surface area contributed by atoms with Crippen LogP contribution in [-0.4, -0.2) is 24.2 Å². The highest BCUT2D eigenvalue weighted by Crippen LogP contribution is 2.30. The Bertz CT molecular complexity index is 587. The minimum absolute atomic E-state index is 0.335. The number of fused-ring (bicyclic) bond motifs is 1. The Morgan fingerprint density at radius 2 is 2.14 bits per heavy atom. The Balaban J connectivity index is 0.000000774. The molecule has 2 heterocycles. The average Bonchev–Trinajstić information content (AvgIpc) is 2.53. The summed E-state index contributed by atoms with van der Waals surface area (Å²) in [6.07, 6.45) is 3.94. The lowest BCUT2D eigenvalue weighted by molar-refractivity contribution is 0.0876. The molecule has 1 saturated heterocycles. The standard InChI is InChI=1S/C15H19N3O.C2H6/c1-10-4-5-14-12(7-10)15(13(16)8-17-14)18-11-3-2-6-19-9-11;1-2/h4-5,7-8,11H,2-3,6,9,16H2,1H3,(H,17,18);1-2H3. The molecule has 4 heteroatoms. The first-order valence-corrected chi connectivity index (χ1v) is 7.73. The predicted octanol–water partition coefficient (Wildman–Crippen LogP) is 3.74. The maximum absolute atomic E-state index is 6.09. The van der Waals surface area contributed by atoms with Crippen molar-refractivity contribution >= 4 is 22.3 Å². The number of anilines is 2. The Kier molecular flexibility index (Phi) is 5.39. The molecular formula is C17H25N3O. The molecule has 1 aromatic carbocycles. The first-order valence-electron chi connectivity index (χ1n) is 7.73. The van der Waals surface area contributed by atoms with Gasteiger partial charge >= 0.3 is 0 Å². The molecule has 0 amide bonds. The minimum Gasteiger partial charge on any atom is -0.396 e. The van der Waals surface area contributed by atoms with Gasteiger partial charge in [0.2, 0.25) is 0 Å². The molecule has 0 saturated carbocycles. The van der Waals surface area contributed by atoms with Crippen molar-refractivity contribution < 1.29 is 4.74 Å². The van der Waals surface area contributed by atoms with Crippen LogP contribution in [0.15, 0.2) is 24.4 Å². The highest BCUT2D eigenvalue weighted by molar-refractivity contribution is 5.97. The number of hydrogen-bond acceptors (Lipinski definition) is 4. The second-order valence-electron chi connectivity index (χ2n) is 5.17. The van der Waals surface area contributed by atoms with Crippen molar-refractivity contribution in [3.63, 3.8) is 0 Å². The van der Waals surface area contributed by atoms with E-state index in [2.05, 4.69) is 29.4 Å². The molecule has 21 heavy (non-hydrogen) atoms. The Morgan fingerprint density at radius 1 is 1.33 bits per heavy atom. The molecule has 2 aromatic rings. The van der Waals surface area contributed by atoms with Crippen molar-refractivity contribution in [2.45, 2.75) is 39.7 Å². The van der Waals surface area contributed by atoms with Gasteiger partial charge in [-0.15, -0.1) is 0 Å². The molecule has 0 spiro atoms. The van der Waals surface area contributed by atoms with Gasteiger partial charge in [0.1, 0.15) is 0 Å². The third-order valence-corrected chi connectivity index (χ3v) is 3.56. The van der Waals surface area contributed by atoms with E-state index in [9.17, 15) is 0 Å². The monoisotopic (exact) mass is 287 g/mol. The molecule has 1 atom stereocenters. The third-order valence-electron chi connectivity index (χ3n) is 3.56. The average molecular weight is 287 g/mol. The summed E-state index contributed by atoms with van der Waals surface area (Å²) in [5.41, 5.74) is 9.96. The van der Waals surface area contributed by atoms with Gasteiger partial charge in [0.25, 0.3) is 0 Å². The molecular weight excluding hydrogens is 262 g/mol. The lowest BCUT2D eigenvalue weighted by Gasteiger charge is -2.25. The van der Waals surface area contributed by atoms with Gasteiger partial charge in [-0.2, -0.15) is 0 Å². The number of rotatable bonds is 2. The smallest absolute Gasteiger partial charge is 0.0743 e. The molecule has 1 aromatic heterocycles. The Morgan fingerprint density at radius 3 is 2.86 bits per heavy atom. The highest BCUT2D eigenvalue weighted by atomic mass is 16.5. The van der Waals surface area contributed by atoms with Crippen LogP contribution in [0.1, 0.15) is 32.3 Å². The number of nitrogens with zero attached hydrogens (tertiary/aromatic N) is 1. The molecule has 3 rings (SSSR count). The van der Waals surface area contributed by atoms with E-state index < -0.39 is 0 Å². The fourth-order valence-electron chi connectivity index (χ4n) is 2.54. The zero-order valence-electron chi connectivity index (χ0n) is 13.1. The van der Waals surface area contributed by atoms with Gasteiger partial charge in [-0.05, 0) is 31.9 Å². The van der Waals surface area contributed by atoms with E-state index in [1.54, 1.807) is 6.20 Å². The van der Waals surface area contributed by atoms with Crippen LogP contribution in [0.2, 0.25) is 0 Å². The second kappa shape index (κ2) is 7.27. The molecule has 0 bridgehead atoms. The zero-order chi connectivity index (χ0) is 15.2. The van der Waals surface area contributed by atoms with Crippen molar-refractivity contribution in [3.8, 4) is 0 Å². The molecule has 114 valence electrons. The summed E-state index contributed by atoms with van der Waals surface area (Å²) in [4.78, 5) is 4.38. The molecule has 1 fully saturated rings. The summed E-state index contributed by atoms with van der Waals surface area (Å²) in [6.45, 7) is 7.69. The Hall–Kier alpha value is -1.81. The number of hydrogen-bond donors (Lipinski definition) is 2. The summed E-state index contributed by atoms with van der Waals surface area (Å²) in [5, 5.41) is 4.62. The topological polar surface area (TPSA) is 60.2 Å². The van der Waals surface area contributed by atoms with Crippen LogP contribution in [0.25, 0.3) is 10.9 Å². The van der Waals surface area contributed by atoms with Gasteiger partial charge in [-0.3, -0.25) is 4.98 Å². The Labute approximate surface area is 126 Å². The van der Waals surface area contributed by atoms with Crippen LogP contribution in [0, 0.1) is 6.92 Å². The highest BCUT2D eigenvalue weighted by Gasteiger charge is 2.16. The largest absolute Gasteiger partial charge is 0.396 e. The number of benzene rings is 1. The number of nitrogens with one attached hydrogen (secondary N) is 1. The van der Waals surface area contributed by atoms with E-state index in [1.807, 2.05) is 19.9 Å². The maximum Gasteiger partial charge on any atom is 0.0743 e. The van der Waals surface area contributed by atoms with E-state index in [0.29, 0.717) is 11.7 Å². The van der Waals surface area contributed by atoms with Crippen LogP contribution < -0.4 is 11.1 Å². The fraction of sp³-hybridized carbons (Fsp3) is 0.471. The van der Waals surface area contributed by atoms with E-state index in [4.69, 9.17) is 10.5 Å². The van der Waals surface area contributed by atoms with Crippen molar-refractivity contribution in [1.82, 2.24) is 4.98 Å². The van der Waals surface area contributed by atoms with Crippen LogP contribution in [0.5, 0.6) is 0 Å². The quantitative estimate of drug-likeness (QED) is 0.883. The number of aromatic nitrogens is 1. The van der Waals surface area contributed by atoms with Crippen LogP contribution in [0.4, 0.5) is 11.4 Å². The lowest BCUT2D eigenvalue weighted by atomic mass is 10.1. The first kappa shape index (κ1) is 15.6. The first-order chi connectivity index (χ1) is 10.2. The number of aryl methyl sites for hydroxylation is 1. The van der Waals surface area contributed by atoms with Crippen LogP contribution >= 0.6 is 0 Å². The second-order valence-corrected chi connectivity index (χ2v) is 5.17. The van der Waals surface area contributed by atoms with Gasteiger partial charge < -0.3 is 15.8 Å². The van der Waals surface area contributed by atoms with Gasteiger partial charge in [0.15, 0.2) is 0 Å². The van der Waals surface area contributed by atoms with E-state index >= 15 is 0 Å². The number of nitrogen functional groups attached to an aromatic ring is 1. The predicted molar refractivity (Wildman–Crippen MR) is 89.7 cm³/mol. The van der Waals surface area contributed by atoms with Gasteiger partial charge in [0, 0.05) is 18.0 Å². The molecule has 1 unspecified atom stereocenters. The summed E-state index contributed by atoms with van der Waals surface area (Å²) >= 11 is 0. The van der Waals surface area contributed by atoms with E-state index in [0.717, 1.165) is 42.6 Å². The summed E-state index contributed by atoms with van der Waals surface area (Å²) < 4.78 is 5.51. The van der Waals surface area contributed by atoms with Crippen LogP contribution in [-0.2, 0) is 4.74 Å². The van der Waals surface area contributed by atoms with Gasteiger partial charge in [-0.25, -0.2) is 0 Å². The molecule has 0 aliphatic carbocycles. The van der Waals surface area contributed by atoms with Crippen molar-refractivity contribution in [3.05, 3.63) is 30.0 Å². The van der Waals surface area contributed by atoms with E-state index in [-0.39, 0.29) is 0 Å². The number of nitrogens with two attached hydrogens (primary N) is 1.